The SMILES string of the molecule is CCn1nc(C)cc1C(=O)Nc1nc2cc(C(N)=O)cc(OC)c2n1C/C=C/Cn1c(NC(=O)c2cc(C)nn2CC)nc2cc(C(N)=O)cc(OC/C=C/c3cccc(N)c3)c21. The second kappa shape index (κ2) is 18.2. The van der Waals surface area contributed by atoms with Gasteiger partial charge in [0.1, 0.15) is 40.5 Å². The molecular formula is C44H47N13O6. The van der Waals surface area contributed by atoms with Crippen molar-refractivity contribution in [2.24, 2.45) is 11.5 Å². The van der Waals surface area contributed by atoms with Gasteiger partial charge in [-0.15, -0.1) is 0 Å². The van der Waals surface area contributed by atoms with Crippen LogP contribution in [0.1, 0.15) is 72.5 Å². The van der Waals surface area contributed by atoms with Gasteiger partial charge >= 0.3 is 0 Å². The van der Waals surface area contributed by atoms with Crippen LogP contribution in [-0.4, -0.2) is 76.0 Å². The van der Waals surface area contributed by atoms with Crippen molar-refractivity contribution in [3.63, 3.8) is 0 Å². The molecular weight excluding hydrogens is 807 g/mol. The molecule has 19 heteroatoms. The fraction of sp³-hybridized carbons (Fsp3) is 0.227. The Bertz CT molecular complexity index is 2970. The maximum atomic E-state index is 13.8. The molecule has 0 spiro atoms. The molecule has 0 aliphatic carbocycles. The fourth-order valence-electron chi connectivity index (χ4n) is 7.17. The van der Waals surface area contributed by atoms with Crippen LogP contribution in [0.15, 0.2) is 78.9 Å². The summed E-state index contributed by atoms with van der Waals surface area (Å²) in [5, 5.41) is 14.7. The number of rotatable bonds is 17. The van der Waals surface area contributed by atoms with Crippen LogP contribution in [0.3, 0.4) is 0 Å². The third kappa shape index (κ3) is 9.11. The van der Waals surface area contributed by atoms with Crippen LogP contribution in [0.2, 0.25) is 0 Å². The zero-order chi connectivity index (χ0) is 44.9. The van der Waals surface area contributed by atoms with E-state index in [1.54, 1.807) is 56.6 Å². The van der Waals surface area contributed by atoms with Gasteiger partial charge in [0.15, 0.2) is 0 Å². The first-order chi connectivity index (χ1) is 30.3. The molecule has 7 aromatic rings. The summed E-state index contributed by atoms with van der Waals surface area (Å²) >= 11 is 0. The average Bonchev–Trinajstić information content (AvgIpc) is 4.02. The standard InChI is InChI=1S/C44H47N13O6/c1-6-56-33(18-25(3)52-56)41(60)50-43-48-31-21-28(39(46)58)23-35(62-5)37(31)54(43)15-8-9-16-55-38-32(49-44(55)51-42(61)34-19-26(4)53-57(34)7-2)22-29(40(47)59)24-36(38)63-17-11-13-27-12-10-14-30(45)20-27/h8-14,18-24H,6-7,15-17,45H2,1-5H3,(H2,46,58)(H2,47,59)(H,48,50,60)(H,49,51,61)/b9-8+,13-11+. The van der Waals surface area contributed by atoms with Gasteiger partial charge in [0.05, 0.1) is 29.5 Å². The number of fused-ring (bicyclic) bond motifs is 2. The zero-order valence-electron chi connectivity index (χ0n) is 35.4. The number of ether oxygens (including phenoxy) is 2. The lowest BCUT2D eigenvalue weighted by Crippen LogP contribution is -2.20. The summed E-state index contributed by atoms with van der Waals surface area (Å²) in [5.41, 5.74) is 22.8. The third-order valence-corrected chi connectivity index (χ3v) is 10.0. The molecule has 63 heavy (non-hydrogen) atoms. The quantitative estimate of drug-likeness (QED) is 0.0596. The molecule has 0 saturated carbocycles. The number of carbonyl (C=O) groups excluding carboxylic acids is 4. The molecule has 324 valence electrons. The molecule has 0 bridgehead atoms. The summed E-state index contributed by atoms with van der Waals surface area (Å²) in [6.07, 6.45) is 7.33. The van der Waals surface area contributed by atoms with E-state index in [1.165, 1.54) is 31.4 Å². The Labute approximate surface area is 361 Å². The lowest BCUT2D eigenvalue weighted by Gasteiger charge is -2.13. The van der Waals surface area contributed by atoms with Gasteiger partial charge < -0.3 is 35.8 Å². The Hall–Kier alpha value is -8.22. The number of primary amides is 2. The molecule has 4 aromatic heterocycles. The number of hydrogen-bond donors (Lipinski definition) is 5. The lowest BCUT2D eigenvalue weighted by molar-refractivity contribution is 0.0991. The highest BCUT2D eigenvalue weighted by molar-refractivity contribution is 6.05. The van der Waals surface area contributed by atoms with Crippen LogP contribution in [-0.2, 0) is 26.2 Å². The number of nitrogens with two attached hydrogens (primary N) is 3. The number of benzene rings is 3. The number of hydrogen-bond acceptors (Lipinski definition) is 11. The minimum Gasteiger partial charge on any atom is -0.494 e. The zero-order valence-corrected chi connectivity index (χ0v) is 35.4. The van der Waals surface area contributed by atoms with Crippen molar-refractivity contribution in [1.82, 2.24) is 38.7 Å². The van der Waals surface area contributed by atoms with E-state index in [0.29, 0.717) is 69.4 Å². The summed E-state index contributed by atoms with van der Waals surface area (Å²) in [5.74, 6) is -1.33. The van der Waals surface area contributed by atoms with Crippen LogP contribution >= 0.6 is 0 Å². The van der Waals surface area contributed by atoms with E-state index < -0.39 is 23.6 Å². The number of imidazole rings is 2. The molecule has 4 amide bonds. The largest absolute Gasteiger partial charge is 0.494 e. The number of nitrogen functional groups attached to an aromatic ring is 1. The number of allylic oxidation sites excluding steroid dienone is 2. The Kier molecular flexibility index (Phi) is 12.4. The van der Waals surface area contributed by atoms with Gasteiger partial charge in [-0.2, -0.15) is 10.2 Å². The second-order valence-corrected chi connectivity index (χ2v) is 14.4. The Morgan fingerprint density at radius 1 is 0.698 bits per heavy atom. The van der Waals surface area contributed by atoms with Crippen molar-refractivity contribution in [3.05, 3.63) is 118 Å². The molecule has 0 aliphatic heterocycles. The fourth-order valence-corrected chi connectivity index (χ4v) is 7.17. The van der Waals surface area contributed by atoms with Crippen LogP contribution in [0.4, 0.5) is 17.6 Å². The number of aromatic nitrogens is 8. The number of amides is 4. The molecule has 3 aromatic carbocycles. The van der Waals surface area contributed by atoms with E-state index in [4.69, 9.17) is 36.6 Å². The van der Waals surface area contributed by atoms with Gasteiger partial charge in [-0.05, 0) is 87.9 Å². The van der Waals surface area contributed by atoms with Crippen molar-refractivity contribution < 1.29 is 28.7 Å². The summed E-state index contributed by atoms with van der Waals surface area (Å²) in [6, 6.07) is 16.8. The van der Waals surface area contributed by atoms with Gasteiger partial charge in [0.25, 0.3) is 11.8 Å². The Morgan fingerprint density at radius 2 is 1.21 bits per heavy atom. The van der Waals surface area contributed by atoms with Gasteiger partial charge in [-0.3, -0.25) is 39.2 Å². The highest BCUT2D eigenvalue weighted by atomic mass is 16.5. The normalized spacial score (nSPS) is 11.6. The van der Waals surface area contributed by atoms with Crippen LogP contribution < -0.4 is 37.3 Å². The van der Waals surface area contributed by atoms with Gasteiger partial charge in [0.2, 0.25) is 23.7 Å². The molecule has 0 saturated heterocycles. The Morgan fingerprint density at radius 3 is 1.68 bits per heavy atom. The number of aryl methyl sites for hydroxylation is 4. The molecule has 0 aliphatic rings. The minimum absolute atomic E-state index is 0.101. The second-order valence-electron chi connectivity index (χ2n) is 14.4. The van der Waals surface area contributed by atoms with Crippen LogP contribution in [0.25, 0.3) is 28.1 Å². The van der Waals surface area contributed by atoms with Crippen LogP contribution in [0.5, 0.6) is 11.5 Å². The molecule has 7 rings (SSSR count). The average molecular weight is 854 g/mol. The predicted molar refractivity (Wildman–Crippen MR) is 239 cm³/mol. The van der Waals surface area contributed by atoms with Crippen molar-refractivity contribution in [2.45, 2.75) is 53.9 Å². The van der Waals surface area contributed by atoms with Gasteiger partial charge in [-0.25, -0.2) is 9.97 Å². The summed E-state index contributed by atoms with van der Waals surface area (Å²) in [6.45, 7) is 8.67. The summed E-state index contributed by atoms with van der Waals surface area (Å²) in [7, 11) is 1.46. The third-order valence-electron chi connectivity index (χ3n) is 10.0. The number of nitrogens with one attached hydrogen (secondary N) is 2. The lowest BCUT2D eigenvalue weighted by atomic mass is 10.1. The first-order valence-electron chi connectivity index (χ1n) is 20.0. The molecule has 4 heterocycles. The topological polar surface area (TPSA) is 260 Å². The number of nitrogens with zero attached hydrogens (tertiary/aromatic N) is 8. The minimum atomic E-state index is -0.692. The van der Waals surface area contributed by atoms with E-state index in [9.17, 15) is 19.2 Å². The number of anilines is 3. The number of methoxy groups -OCH3 is 1. The molecule has 0 radical (unpaired) electrons. The highest BCUT2D eigenvalue weighted by Gasteiger charge is 2.23. The smallest absolute Gasteiger partial charge is 0.276 e. The van der Waals surface area contributed by atoms with Crippen molar-refractivity contribution >= 4 is 69.4 Å². The summed E-state index contributed by atoms with van der Waals surface area (Å²) < 4.78 is 18.6. The van der Waals surface area contributed by atoms with E-state index >= 15 is 0 Å². The molecule has 0 atom stereocenters. The van der Waals surface area contributed by atoms with Crippen molar-refractivity contribution in [3.8, 4) is 11.5 Å². The first-order valence-corrected chi connectivity index (χ1v) is 20.0. The maximum absolute atomic E-state index is 13.8. The predicted octanol–water partition coefficient (Wildman–Crippen LogP) is 5.08. The maximum Gasteiger partial charge on any atom is 0.276 e. The first kappa shape index (κ1) is 42.9. The molecule has 19 nitrogen and oxygen atoms in total. The van der Waals surface area contributed by atoms with Crippen molar-refractivity contribution in [1.29, 1.82) is 0 Å². The Balaban J connectivity index is 1.28. The van der Waals surface area contributed by atoms with Gasteiger partial charge in [0, 0.05) is 43.0 Å². The monoisotopic (exact) mass is 853 g/mol. The highest BCUT2D eigenvalue weighted by Crippen LogP contribution is 2.33. The van der Waals surface area contributed by atoms with E-state index in [0.717, 1.165) is 5.56 Å². The van der Waals surface area contributed by atoms with E-state index in [-0.39, 0.29) is 48.5 Å². The molecule has 0 unspecified atom stereocenters. The van der Waals surface area contributed by atoms with Crippen LogP contribution in [0, 0.1) is 13.8 Å². The van der Waals surface area contributed by atoms with Crippen molar-refractivity contribution in [2.75, 3.05) is 30.1 Å². The molecule has 0 fully saturated rings. The van der Waals surface area contributed by atoms with E-state index in [1.807, 2.05) is 50.3 Å². The summed E-state index contributed by atoms with van der Waals surface area (Å²) in [4.78, 5) is 61.7. The molecule has 8 N–H and O–H groups in total. The number of carbonyl (C=O) groups is 4. The van der Waals surface area contributed by atoms with E-state index in [2.05, 4.69) is 20.8 Å². The van der Waals surface area contributed by atoms with Gasteiger partial charge in [-0.1, -0.05) is 30.4 Å².